The fourth-order valence-corrected chi connectivity index (χ4v) is 1.98. The Kier molecular flexibility index (Phi) is 4.03. The summed E-state index contributed by atoms with van der Waals surface area (Å²) in [5.74, 6) is -3.55. The minimum Gasteiger partial charge on any atom is -0.328 e. The minimum absolute atomic E-state index is 0.0252. The molecular formula is C9H8BrClF3N. The molecule has 1 aromatic rings. The van der Waals surface area contributed by atoms with E-state index in [-0.39, 0.29) is 16.5 Å². The van der Waals surface area contributed by atoms with Crippen LogP contribution < -0.4 is 5.73 Å². The summed E-state index contributed by atoms with van der Waals surface area (Å²) in [6.07, 6.45) is 0.0252. The summed E-state index contributed by atoms with van der Waals surface area (Å²) >= 11 is 8.07. The molecule has 6 heteroatoms. The molecule has 0 aliphatic rings. The Bertz CT molecular complexity index is 366. The second-order valence-electron chi connectivity index (χ2n) is 3.23. The average Bonchev–Trinajstić information content (AvgIpc) is 2.18. The molecule has 0 heterocycles. The summed E-state index contributed by atoms with van der Waals surface area (Å²) < 4.78 is 39.5. The normalized spacial score (nSPS) is 13.0. The highest BCUT2D eigenvalue weighted by Crippen LogP contribution is 2.32. The first-order valence-corrected chi connectivity index (χ1v) is 5.29. The second-order valence-corrected chi connectivity index (χ2v) is 4.40. The standard InChI is InChI=1S/C9H8BrClF3N/c1-3(15)2-4-5(10)8(13)6(11)9(14)7(4)12/h3H,2,15H2,1H3. The number of hydrogen-bond acceptors (Lipinski definition) is 1. The Morgan fingerprint density at radius 1 is 1.27 bits per heavy atom. The topological polar surface area (TPSA) is 26.0 Å². The molecule has 0 amide bonds. The van der Waals surface area contributed by atoms with E-state index < -0.39 is 28.5 Å². The van der Waals surface area contributed by atoms with Crippen LogP contribution in [0.15, 0.2) is 4.47 Å². The van der Waals surface area contributed by atoms with E-state index in [0.29, 0.717) is 0 Å². The number of rotatable bonds is 2. The lowest BCUT2D eigenvalue weighted by atomic mass is 10.1. The molecule has 0 bridgehead atoms. The zero-order valence-electron chi connectivity index (χ0n) is 7.75. The van der Waals surface area contributed by atoms with Crippen LogP contribution in [-0.2, 0) is 6.42 Å². The van der Waals surface area contributed by atoms with Gasteiger partial charge in [0, 0.05) is 11.6 Å². The van der Waals surface area contributed by atoms with Crippen molar-refractivity contribution in [2.24, 2.45) is 5.73 Å². The molecule has 15 heavy (non-hydrogen) atoms. The molecule has 1 rings (SSSR count). The van der Waals surface area contributed by atoms with Gasteiger partial charge in [-0.25, -0.2) is 13.2 Å². The molecule has 1 unspecified atom stereocenters. The highest BCUT2D eigenvalue weighted by Gasteiger charge is 2.22. The number of benzene rings is 1. The molecule has 1 nitrogen and oxygen atoms in total. The zero-order valence-corrected chi connectivity index (χ0v) is 10.1. The first kappa shape index (κ1) is 12.8. The highest BCUT2D eigenvalue weighted by atomic mass is 79.9. The van der Waals surface area contributed by atoms with Gasteiger partial charge in [-0.15, -0.1) is 0 Å². The lowest BCUT2D eigenvalue weighted by Crippen LogP contribution is -2.19. The molecule has 1 atom stereocenters. The molecule has 0 aliphatic carbocycles. The first-order chi connectivity index (χ1) is 6.86. The summed E-state index contributed by atoms with van der Waals surface area (Å²) in [5.41, 5.74) is 5.30. The fraction of sp³-hybridized carbons (Fsp3) is 0.333. The third-order valence-electron chi connectivity index (χ3n) is 1.83. The summed E-state index contributed by atoms with van der Waals surface area (Å²) in [6, 6.07) is -0.407. The van der Waals surface area contributed by atoms with Crippen LogP contribution in [-0.4, -0.2) is 6.04 Å². The van der Waals surface area contributed by atoms with Crippen LogP contribution in [0.2, 0.25) is 5.02 Å². The van der Waals surface area contributed by atoms with E-state index in [2.05, 4.69) is 15.9 Å². The maximum absolute atomic E-state index is 13.4. The third-order valence-corrected chi connectivity index (χ3v) is 2.99. The Morgan fingerprint density at radius 2 is 1.80 bits per heavy atom. The maximum atomic E-state index is 13.4. The summed E-state index contributed by atoms with van der Waals surface area (Å²) in [5, 5.41) is -0.854. The van der Waals surface area contributed by atoms with Gasteiger partial charge in [0.25, 0.3) is 0 Å². The molecule has 2 N–H and O–H groups in total. The van der Waals surface area contributed by atoms with Gasteiger partial charge >= 0.3 is 0 Å². The van der Waals surface area contributed by atoms with Crippen molar-refractivity contribution in [3.8, 4) is 0 Å². The van der Waals surface area contributed by atoms with Gasteiger partial charge in [-0.05, 0) is 29.3 Å². The van der Waals surface area contributed by atoms with Crippen molar-refractivity contribution in [3.05, 3.63) is 32.5 Å². The van der Waals surface area contributed by atoms with Crippen molar-refractivity contribution < 1.29 is 13.2 Å². The van der Waals surface area contributed by atoms with Crippen molar-refractivity contribution in [2.45, 2.75) is 19.4 Å². The van der Waals surface area contributed by atoms with Crippen LogP contribution in [0.25, 0.3) is 0 Å². The number of halogens is 5. The SMILES string of the molecule is CC(N)Cc1c(F)c(F)c(Cl)c(F)c1Br. The van der Waals surface area contributed by atoms with Crippen molar-refractivity contribution in [2.75, 3.05) is 0 Å². The van der Waals surface area contributed by atoms with Crippen molar-refractivity contribution in [3.63, 3.8) is 0 Å². The Morgan fingerprint density at radius 3 is 2.27 bits per heavy atom. The molecule has 0 saturated carbocycles. The van der Waals surface area contributed by atoms with E-state index >= 15 is 0 Å². The van der Waals surface area contributed by atoms with Crippen molar-refractivity contribution >= 4 is 27.5 Å². The third kappa shape index (κ3) is 2.46. The molecule has 1 aromatic carbocycles. The number of nitrogens with two attached hydrogens (primary N) is 1. The van der Waals surface area contributed by atoms with E-state index in [1.165, 1.54) is 0 Å². The summed E-state index contributed by atoms with van der Waals surface area (Å²) in [6.45, 7) is 1.61. The fourth-order valence-electron chi connectivity index (χ4n) is 1.15. The summed E-state index contributed by atoms with van der Waals surface area (Å²) in [7, 11) is 0. The van der Waals surface area contributed by atoms with Crippen molar-refractivity contribution in [1.29, 1.82) is 0 Å². The molecule has 0 spiro atoms. The van der Waals surface area contributed by atoms with Gasteiger partial charge in [0.15, 0.2) is 17.5 Å². The van der Waals surface area contributed by atoms with Crippen LogP contribution in [0.3, 0.4) is 0 Å². The van der Waals surface area contributed by atoms with Crippen LogP contribution in [0, 0.1) is 17.5 Å². The molecule has 0 saturated heterocycles. The Labute approximate surface area is 98.5 Å². The smallest absolute Gasteiger partial charge is 0.180 e. The molecule has 0 aromatic heterocycles. The van der Waals surface area contributed by atoms with Gasteiger partial charge in [0.1, 0.15) is 5.02 Å². The summed E-state index contributed by atoms with van der Waals surface area (Å²) in [4.78, 5) is 0. The van der Waals surface area contributed by atoms with E-state index in [9.17, 15) is 13.2 Å². The lowest BCUT2D eigenvalue weighted by molar-refractivity contribution is 0.479. The molecular weight excluding hydrogens is 294 g/mol. The Balaban J connectivity index is 3.39. The second kappa shape index (κ2) is 4.72. The van der Waals surface area contributed by atoms with Gasteiger partial charge in [-0.2, -0.15) is 0 Å². The molecule has 84 valence electrons. The monoisotopic (exact) mass is 301 g/mol. The predicted octanol–water partition coefficient (Wildman–Crippen LogP) is 3.41. The van der Waals surface area contributed by atoms with Gasteiger partial charge in [0.2, 0.25) is 0 Å². The molecule has 0 fully saturated rings. The zero-order chi connectivity index (χ0) is 11.7. The van der Waals surface area contributed by atoms with Crippen molar-refractivity contribution in [1.82, 2.24) is 0 Å². The Hall–Kier alpha value is -0.260. The van der Waals surface area contributed by atoms with Crippen LogP contribution in [0.1, 0.15) is 12.5 Å². The molecule has 0 radical (unpaired) electrons. The number of hydrogen-bond donors (Lipinski definition) is 1. The van der Waals surface area contributed by atoms with Gasteiger partial charge < -0.3 is 5.73 Å². The van der Waals surface area contributed by atoms with Gasteiger partial charge in [-0.1, -0.05) is 11.6 Å². The van der Waals surface area contributed by atoms with Crippen LogP contribution in [0.4, 0.5) is 13.2 Å². The minimum atomic E-state index is -1.38. The van der Waals surface area contributed by atoms with Crippen LogP contribution in [0.5, 0.6) is 0 Å². The predicted molar refractivity (Wildman–Crippen MR) is 56.4 cm³/mol. The van der Waals surface area contributed by atoms with E-state index in [1.54, 1.807) is 6.92 Å². The van der Waals surface area contributed by atoms with Crippen LogP contribution >= 0.6 is 27.5 Å². The lowest BCUT2D eigenvalue weighted by Gasteiger charge is -2.11. The van der Waals surface area contributed by atoms with E-state index in [4.69, 9.17) is 17.3 Å². The van der Waals surface area contributed by atoms with E-state index in [1.807, 2.05) is 0 Å². The highest BCUT2D eigenvalue weighted by molar-refractivity contribution is 9.10. The average molecular weight is 303 g/mol. The van der Waals surface area contributed by atoms with Gasteiger partial charge in [0.05, 0.1) is 4.47 Å². The first-order valence-electron chi connectivity index (χ1n) is 4.12. The van der Waals surface area contributed by atoms with Gasteiger partial charge in [-0.3, -0.25) is 0 Å². The molecule has 0 aliphatic heterocycles. The maximum Gasteiger partial charge on any atom is 0.180 e. The quantitative estimate of drug-likeness (QED) is 0.657. The van der Waals surface area contributed by atoms with E-state index in [0.717, 1.165) is 0 Å². The largest absolute Gasteiger partial charge is 0.328 e.